The summed E-state index contributed by atoms with van der Waals surface area (Å²) in [5.41, 5.74) is 5.01. The van der Waals surface area contributed by atoms with Crippen LogP contribution < -0.4 is 11.1 Å². The predicted octanol–water partition coefficient (Wildman–Crippen LogP) is 1.29. The summed E-state index contributed by atoms with van der Waals surface area (Å²) in [6.45, 7) is 0.449. The normalized spacial score (nSPS) is 12.1. The van der Waals surface area contributed by atoms with E-state index in [0.717, 1.165) is 6.07 Å². The zero-order valence-electron chi connectivity index (χ0n) is 9.90. The minimum absolute atomic E-state index is 0.267. The molecular weight excluding hydrogens is 259 g/mol. The number of hydrogen-bond acceptors (Lipinski definition) is 4. The lowest BCUT2D eigenvalue weighted by molar-refractivity contribution is 0.0698. The molecular formula is C11H15FN2O3S. The number of carboxylic acid groups (broad SMARTS) is 1. The molecule has 0 fully saturated rings. The topological polar surface area (TPSA) is 92.4 Å². The van der Waals surface area contributed by atoms with Crippen LogP contribution in [0.2, 0.25) is 0 Å². The number of nitrogen functional groups attached to an aromatic ring is 1. The van der Waals surface area contributed by atoms with Crippen LogP contribution in [0.25, 0.3) is 0 Å². The van der Waals surface area contributed by atoms with Crippen molar-refractivity contribution >= 4 is 28.1 Å². The quantitative estimate of drug-likeness (QED) is 0.537. The van der Waals surface area contributed by atoms with Gasteiger partial charge in [-0.3, -0.25) is 4.21 Å². The maximum atomic E-state index is 13.2. The molecule has 0 bridgehead atoms. The van der Waals surface area contributed by atoms with Crippen LogP contribution in [0.15, 0.2) is 12.1 Å². The fraction of sp³-hybridized carbons (Fsp3) is 0.364. The standard InChI is InChI=1S/C11H15FN2O3S/c1-18(17)6-2-5-14-8-4-3-7(12)10(13)9(8)11(15)16/h3-4,14H,2,5-6,13H2,1H3,(H,15,16). The van der Waals surface area contributed by atoms with E-state index in [9.17, 15) is 13.4 Å². The highest BCUT2D eigenvalue weighted by Gasteiger charge is 2.16. The maximum Gasteiger partial charge on any atom is 0.340 e. The second kappa shape index (κ2) is 6.34. The first-order valence-corrected chi connectivity index (χ1v) is 7.01. The fourth-order valence-electron chi connectivity index (χ4n) is 1.47. The Morgan fingerprint density at radius 2 is 2.22 bits per heavy atom. The van der Waals surface area contributed by atoms with Gasteiger partial charge in [0.1, 0.15) is 11.4 Å². The van der Waals surface area contributed by atoms with E-state index in [1.165, 1.54) is 6.07 Å². The van der Waals surface area contributed by atoms with E-state index in [-0.39, 0.29) is 16.9 Å². The van der Waals surface area contributed by atoms with Crippen molar-refractivity contribution in [3.63, 3.8) is 0 Å². The number of benzene rings is 1. The number of rotatable bonds is 6. The van der Waals surface area contributed by atoms with Crippen molar-refractivity contribution in [3.8, 4) is 0 Å². The molecule has 0 aliphatic rings. The minimum Gasteiger partial charge on any atom is -0.478 e. The smallest absolute Gasteiger partial charge is 0.340 e. The van der Waals surface area contributed by atoms with Gasteiger partial charge in [0, 0.05) is 29.4 Å². The molecule has 0 saturated heterocycles. The van der Waals surface area contributed by atoms with E-state index >= 15 is 0 Å². The Balaban J connectivity index is 2.79. The van der Waals surface area contributed by atoms with Crippen molar-refractivity contribution in [3.05, 3.63) is 23.5 Å². The van der Waals surface area contributed by atoms with Crippen molar-refractivity contribution in [2.75, 3.05) is 29.6 Å². The number of carboxylic acids is 1. The van der Waals surface area contributed by atoms with Gasteiger partial charge in [0.15, 0.2) is 0 Å². The van der Waals surface area contributed by atoms with Gasteiger partial charge in [0.2, 0.25) is 0 Å². The molecule has 0 aliphatic heterocycles. The fourth-order valence-corrected chi connectivity index (χ4v) is 2.02. The number of nitrogens with one attached hydrogen (secondary N) is 1. The van der Waals surface area contributed by atoms with E-state index in [1.807, 2.05) is 0 Å². The molecule has 100 valence electrons. The van der Waals surface area contributed by atoms with Crippen molar-refractivity contribution < 1.29 is 18.5 Å². The molecule has 1 unspecified atom stereocenters. The van der Waals surface area contributed by atoms with Crippen molar-refractivity contribution in [1.82, 2.24) is 0 Å². The number of nitrogens with two attached hydrogens (primary N) is 1. The highest BCUT2D eigenvalue weighted by Crippen LogP contribution is 2.25. The third-order valence-corrected chi connectivity index (χ3v) is 3.19. The maximum absolute atomic E-state index is 13.2. The molecule has 1 atom stereocenters. The molecule has 0 heterocycles. The van der Waals surface area contributed by atoms with Crippen LogP contribution in [-0.4, -0.2) is 33.8 Å². The Morgan fingerprint density at radius 1 is 1.56 bits per heavy atom. The highest BCUT2D eigenvalue weighted by molar-refractivity contribution is 7.84. The summed E-state index contributed by atoms with van der Waals surface area (Å²) in [7, 11) is -0.887. The summed E-state index contributed by atoms with van der Waals surface area (Å²) in [5, 5.41) is 11.8. The first kappa shape index (κ1) is 14.4. The lowest BCUT2D eigenvalue weighted by Gasteiger charge is -2.11. The molecule has 0 saturated carbocycles. The van der Waals surface area contributed by atoms with Gasteiger partial charge in [-0.15, -0.1) is 0 Å². The van der Waals surface area contributed by atoms with Crippen LogP contribution in [-0.2, 0) is 10.8 Å². The van der Waals surface area contributed by atoms with Gasteiger partial charge in [0.25, 0.3) is 0 Å². The SMILES string of the molecule is CS(=O)CCCNc1ccc(F)c(N)c1C(=O)O. The summed E-state index contributed by atoms with van der Waals surface area (Å²) in [6, 6.07) is 2.44. The van der Waals surface area contributed by atoms with E-state index < -0.39 is 22.6 Å². The Bertz CT molecular complexity index is 480. The highest BCUT2D eigenvalue weighted by atomic mass is 32.2. The molecule has 0 aromatic heterocycles. The predicted molar refractivity (Wildman–Crippen MR) is 69.8 cm³/mol. The first-order chi connectivity index (χ1) is 8.43. The van der Waals surface area contributed by atoms with Gasteiger partial charge < -0.3 is 16.2 Å². The second-order valence-electron chi connectivity index (χ2n) is 3.75. The second-order valence-corrected chi connectivity index (χ2v) is 5.30. The average molecular weight is 274 g/mol. The van der Waals surface area contributed by atoms with Gasteiger partial charge in [-0.2, -0.15) is 0 Å². The zero-order chi connectivity index (χ0) is 13.7. The van der Waals surface area contributed by atoms with Gasteiger partial charge >= 0.3 is 5.97 Å². The summed E-state index contributed by atoms with van der Waals surface area (Å²) >= 11 is 0. The molecule has 18 heavy (non-hydrogen) atoms. The third kappa shape index (κ3) is 3.69. The van der Waals surface area contributed by atoms with Crippen molar-refractivity contribution in [2.24, 2.45) is 0 Å². The largest absolute Gasteiger partial charge is 0.478 e. The molecule has 7 heteroatoms. The van der Waals surface area contributed by atoms with Crippen LogP contribution >= 0.6 is 0 Å². The number of aromatic carboxylic acids is 1. The zero-order valence-corrected chi connectivity index (χ0v) is 10.7. The number of hydrogen-bond donors (Lipinski definition) is 3. The Hall–Kier alpha value is -1.63. The summed E-state index contributed by atoms with van der Waals surface area (Å²) in [4.78, 5) is 11.0. The van der Waals surface area contributed by atoms with Crippen molar-refractivity contribution in [1.29, 1.82) is 0 Å². The van der Waals surface area contributed by atoms with Crippen LogP contribution in [0.4, 0.5) is 15.8 Å². The summed E-state index contributed by atoms with van der Waals surface area (Å²) in [6.07, 6.45) is 2.22. The molecule has 1 rings (SSSR count). The molecule has 5 nitrogen and oxygen atoms in total. The Morgan fingerprint density at radius 3 is 2.78 bits per heavy atom. The van der Waals surface area contributed by atoms with Crippen molar-refractivity contribution in [2.45, 2.75) is 6.42 Å². The van der Waals surface area contributed by atoms with Gasteiger partial charge in [-0.1, -0.05) is 0 Å². The molecule has 0 aliphatic carbocycles. The van der Waals surface area contributed by atoms with Gasteiger partial charge in [0.05, 0.1) is 11.4 Å². The van der Waals surface area contributed by atoms with Crippen LogP contribution in [0.5, 0.6) is 0 Å². The number of carbonyl (C=O) groups is 1. The van der Waals surface area contributed by atoms with Crippen LogP contribution in [0.1, 0.15) is 16.8 Å². The molecule has 4 N–H and O–H groups in total. The number of halogens is 1. The summed E-state index contributed by atoms with van der Waals surface area (Å²) < 4.78 is 24.0. The molecule has 1 aromatic carbocycles. The Labute approximate surface area is 107 Å². The Kier molecular flexibility index (Phi) is 5.08. The van der Waals surface area contributed by atoms with Gasteiger partial charge in [-0.05, 0) is 18.6 Å². The summed E-state index contributed by atoms with van der Waals surface area (Å²) in [5.74, 6) is -1.52. The van der Waals surface area contributed by atoms with E-state index in [0.29, 0.717) is 18.7 Å². The third-order valence-electron chi connectivity index (χ3n) is 2.33. The molecule has 0 spiro atoms. The lowest BCUT2D eigenvalue weighted by Crippen LogP contribution is -2.12. The van der Waals surface area contributed by atoms with E-state index in [4.69, 9.17) is 10.8 Å². The molecule has 0 radical (unpaired) electrons. The average Bonchev–Trinajstić information content (AvgIpc) is 2.28. The van der Waals surface area contributed by atoms with Crippen LogP contribution in [0, 0.1) is 5.82 Å². The molecule has 0 amide bonds. The van der Waals surface area contributed by atoms with Crippen LogP contribution in [0.3, 0.4) is 0 Å². The first-order valence-electron chi connectivity index (χ1n) is 5.28. The lowest BCUT2D eigenvalue weighted by atomic mass is 10.1. The van der Waals surface area contributed by atoms with E-state index in [2.05, 4.69) is 5.32 Å². The van der Waals surface area contributed by atoms with E-state index in [1.54, 1.807) is 6.26 Å². The number of anilines is 2. The monoisotopic (exact) mass is 274 g/mol. The molecule has 1 aromatic rings. The minimum atomic E-state index is -1.28. The van der Waals surface area contributed by atoms with Gasteiger partial charge in [-0.25, -0.2) is 9.18 Å².